The summed E-state index contributed by atoms with van der Waals surface area (Å²) < 4.78 is 0. The number of amides is 1. The summed E-state index contributed by atoms with van der Waals surface area (Å²) in [5.41, 5.74) is 1.36. The summed E-state index contributed by atoms with van der Waals surface area (Å²) in [7, 11) is 0. The van der Waals surface area contributed by atoms with Gasteiger partial charge in [-0.15, -0.1) is 0 Å². The van der Waals surface area contributed by atoms with Gasteiger partial charge in [0.05, 0.1) is 12.1 Å². The number of hydrogen-bond donors (Lipinski definition) is 3. The molecule has 19 heavy (non-hydrogen) atoms. The Kier molecular flexibility index (Phi) is 4.04. The van der Waals surface area contributed by atoms with Crippen molar-refractivity contribution in [1.29, 1.82) is 0 Å². The fraction of sp³-hybridized carbons (Fsp3) is 0.571. The van der Waals surface area contributed by atoms with Crippen molar-refractivity contribution in [1.82, 2.24) is 10.3 Å². The molecule has 1 amide bonds. The van der Waals surface area contributed by atoms with Crippen molar-refractivity contribution in [2.24, 2.45) is 0 Å². The molecule has 0 bridgehead atoms. The van der Waals surface area contributed by atoms with Crippen LogP contribution in [0.2, 0.25) is 0 Å². The molecule has 1 aliphatic carbocycles. The lowest BCUT2D eigenvalue weighted by Gasteiger charge is -2.28. The number of aryl methyl sites for hydroxylation is 2. The quantitative estimate of drug-likeness (QED) is 0.746. The second kappa shape index (κ2) is 5.57. The van der Waals surface area contributed by atoms with Crippen LogP contribution in [0.1, 0.15) is 47.3 Å². The molecule has 1 fully saturated rings. The fourth-order valence-electron chi connectivity index (χ4n) is 2.42. The summed E-state index contributed by atoms with van der Waals surface area (Å²) in [6, 6.07) is 1.35. The zero-order chi connectivity index (χ0) is 14.0. The number of carbonyl (C=O) groups excluding carboxylic acids is 1. The average Bonchev–Trinajstić information content (AvgIpc) is 2.36. The van der Waals surface area contributed by atoms with Crippen LogP contribution < -0.4 is 10.9 Å². The summed E-state index contributed by atoms with van der Waals surface area (Å²) >= 11 is 0. The van der Waals surface area contributed by atoms with Crippen LogP contribution in [0.15, 0.2) is 10.9 Å². The molecule has 1 aliphatic rings. The number of aromatic nitrogens is 1. The molecular weight excluding hydrogens is 244 g/mol. The average molecular weight is 264 g/mol. The molecule has 5 heteroatoms. The van der Waals surface area contributed by atoms with Crippen molar-refractivity contribution in [2.45, 2.75) is 51.7 Å². The third-order valence-corrected chi connectivity index (χ3v) is 3.79. The van der Waals surface area contributed by atoms with Crippen LogP contribution in [0.25, 0.3) is 0 Å². The molecular formula is C14H20N2O3. The molecule has 1 aromatic rings. The molecule has 1 aromatic heterocycles. The van der Waals surface area contributed by atoms with E-state index in [4.69, 9.17) is 0 Å². The van der Waals surface area contributed by atoms with E-state index in [-0.39, 0.29) is 17.2 Å². The number of aliphatic hydroxyl groups is 1. The van der Waals surface area contributed by atoms with E-state index < -0.39 is 12.0 Å². The molecule has 5 nitrogen and oxygen atoms in total. The van der Waals surface area contributed by atoms with Gasteiger partial charge in [-0.05, 0) is 38.3 Å². The monoisotopic (exact) mass is 264 g/mol. The number of nitrogens with one attached hydrogen (secondary N) is 2. The predicted octanol–water partition coefficient (Wildman–Crippen LogP) is 1.03. The highest BCUT2D eigenvalue weighted by atomic mass is 16.3. The third-order valence-electron chi connectivity index (χ3n) is 3.79. The molecule has 104 valence electrons. The van der Waals surface area contributed by atoms with Gasteiger partial charge < -0.3 is 15.4 Å². The molecule has 3 N–H and O–H groups in total. The Morgan fingerprint density at radius 3 is 2.74 bits per heavy atom. The van der Waals surface area contributed by atoms with Gasteiger partial charge in [0.25, 0.3) is 11.5 Å². The topological polar surface area (TPSA) is 82.2 Å². The SMILES string of the molecule is Cc1cc(C(=O)N[C@@H]2CCCC[C@H]2O)c(=O)[nH]c1C. The molecule has 0 unspecified atom stereocenters. The van der Waals surface area contributed by atoms with Crippen LogP contribution in [0.4, 0.5) is 0 Å². The van der Waals surface area contributed by atoms with Gasteiger partial charge in [0.1, 0.15) is 5.56 Å². The fourth-order valence-corrected chi connectivity index (χ4v) is 2.42. The first-order valence-corrected chi connectivity index (χ1v) is 6.68. The van der Waals surface area contributed by atoms with Crippen LogP contribution in [-0.2, 0) is 0 Å². The summed E-state index contributed by atoms with van der Waals surface area (Å²) in [4.78, 5) is 26.5. The lowest BCUT2D eigenvalue weighted by molar-refractivity contribution is 0.0716. The van der Waals surface area contributed by atoms with Gasteiger partial charge in [0.2, 0.25) is 0 Å². The Balaban J connectivity index is 2.16. The minimum atomic E-state index is -0.511. The summed E-state index contributed by atoms with van der Waals surface area (Å²) in [5, 5.41) is 12.6. The second-order valence-electron chi connectivity index (χ2n) is 5.25. The van der Waals surface area contributed by atoms with Gasteiger partial charge in [-0.3, -0.25) is 9.59 Å². The summed E-state index contributed by atoms with van der Waals surface area (Å²) in [5.74, 6) is -0.407. The lowest BCUT2D eigenvalue weighted by Crippen LogP contribution is -2.46. The highest BCUT2D eigenvalue weighted by Gasteiger charge is 2.25. The minimum absolute atomic E-state index is 0.112. The molecule has 2 rings (SSSR count). The second-order valence-corrected chi connectivity index (χ2v) is 5.25. The number of H-pyrrole nitrogens is 1. The number of rotatable bonds is 2. The molecule has 0 spiro atoms. The van der Waals surface area contributed by atoms with Gasteiger partial charge in [0.15, 0.2) is 0 Å². The van der Waals surface area contributed by atoms with Crippen molar-refractivity contribution in [2.75, 3.05) is 0 Å². The molecule has 1 heterocycles. The molecule has 0 aromatic carbocycles. The zero-order valence-electron chi connectivity index (χ0n) is 11.3. The van der Waals surface area contributed by atoms with E-state index in [0.717, 1.165) is 30.5 Å². The molecule has 0 saturated heterocycles. The first-order valence-electron chi connectivity index (χ1n) is 6.68. The van der Waals surface area contributed by atoms with Crippen molar-refractivity contribution in [3.8, 4) is 0 Å². The highest BCUT2D eigenvalue weighted by Crippen LogP contribution is 2.18. The van der Waals surface area contributed by atoms with Gasteiger partial charge in [0, 0.05) is 5.69 Å². The Bertz CT molecular complexity index is 536. The van der Waals surface area contributed by atoms with Gasteiger partial charge in [-0.25, -0.2) is 0 Å². The number of hydrogen-bond acceptors (Lipinski definition) is 3. The molecule has 1 saturated carbocycles. The molecule has 0 aliphatic heterocycles. The number of carbonyl (C=O) groups is 1. The van der Waals surface area contributed by atoms with E-state index in [1.54, 1.807) is 13.0 Å². The van der Waals surface area contributed by atoms with Crippen LogP contribution >= 0.6 is 0 Å². The smallest absolute Gasteiger partial charge is 0.261 e. The van der Waals surface area contributed by atoms with E-state index in [2.05, 4.69) is 10.3 Å². The van der Waals surface area contributed by atoms with E-state index in [1.165, 1.54) is 0 Å². The Morgan fingerprint density at radius 2 is 2.05 bits per heavy atom. The molecule has 0 radical (unpaired) electrons. The van der Waals surface area contributed by atoms with Crippen LogP contribution in [0, 0.1) is 13.8 Å². The van der Waals surface area contributed by atoms with Crippen LogP contribution in [0.5, 0.6) is 0 Å². The lowest BCUT2D eigenvalue weighted by atomic mass is 9.92. The summed E-state index contributed by atoms with van der Waals surface area (Å²) in [6.07, 6.45) is 2.93. The first-order chi connectivity index (χ1) is 8.99. The first kappa shape index (κ1) is 13.8. The Labute approximate surface area is 112 Å². The molecule has 2 atom stereocenters. The van der Waals surface area contributed by atoms with E-state index in [1.807, 2.05) is 6.92 Å². The van der Waals surface area contributed by atoms with Crippen LogP contribution in [0.3, 0.4) is 0 Å². The number of aliphatic hydroxyl groups excluding tert-OH is 1. The zero-order valence-corrected chi connectivity index (χ0v) is 11.3. The normalized spacial score (nSPS) is 23.1. The van der Waals surface area contributed by atoms with E-state index in [9.17, 15) is 14.7 Å². The maximum Gasteiger partial charge on any atom is 0.261 e. The Hall–Kier alpha value is -1.62. The van der Waals surface area contributed by atoms with Crippen molar-refractivity contribution < 1.29 is 9.90 Å². The maximum absolute atomic E-state index is 12.1. The largest absolute Gasteiger partial charge is 0.391 e. The van der Waals surface area contributed by atoms with E-state index >= 15 is 0 Å². The number of pyridine rings is 1. The number of aromatic amines is 1. The van der Waals surface area contributed by atoms with Crippen molar-refractivity contribution in [3.05, 3.63) is 33.2 Å². The predicted molar refractivity (Wildman–Crippen MR) is 72.3 cm³/mol. The third kappa shape index (κ3) is 3.04. The van der Waals surface area contributed by atoms with Crippen LogP contribution in [-0.4, -0.2) is 28.1 Å². The van der Waals surface area contributed by atoms with Gasteiger partial charge >= 0.3 is 0 Å². The Morgan fingerprint density at radius 1 is 1.37 bits per heavy atom. The minimum Gasteiger partial charge on any atom is -0.391 e. The maximum atomic E-state index is 12.1. The van der Waals surface area contributed by atoms with E-state index in [0.29, 0.717) is 6.42 Å². The van der Waals surface area contributed by atoms with Crippen molar-refractivity contribution >= 4 is 5.91 Å². The van der Waals surface area contributed by atoms with Gasteiger partial charge in [-0.1, -0.05) is 12.8 Å². The summed E-state index contributed by atoms with van der Waals surface area (Å²) in [6.45, 7) is 3.64. The standard InChI is InChI=1S/C14H20N2O3/c1-8-7-10(13(18)15-9(8)2)14(19)16-11-5-3-4-6-12(11)17/h7,11-12,17H,3-6H2,1-2H3,(H,15,18)(H,16,19)/t11-,12-/m1/s1. The van der Waals surface area contributed by atoms with Gasteiger partial charge in [-0.2, -0.15) is 0 Å². The highest BCUT2D eigenvalue weighted by molar-refractivity contribution is 5.94. The van der Waals surface area contributed by atoms with Crippen molar-refractivity contribution in [3.63, 3.8) is 0 Å².